The van der Waals surface area contributed by atoms with Crippen LogP contribution in [0.3, 0.4) is 0 Å². The van der Waals surface area contributed by atoms with Gasteiger partial charge in [-0.2, -0.15) is 0 Å². The number of aliphatic hydroxyl groups excluding tert-OH is 1. The van der Waals surface area contributed by atoms with Gasteiger partial charge in [-0.15, -0.1) is 34.9 Å². The number of ketones is 1. The third-order valence-corrected chi connectivity index (χ3v) is 8.43. The SMILES string of the molecule is CC(C)CC(=O)/C=C(\O)CC(C)C.Cc1[c-]c(-c2nccc3ccc(C45CCC(CC4)CC5)cc23)cc(C)c1.[Ir]. The van der Waals surface area contributed by atoms with E-state index in [-0.39, 0.29) is 31.6 Å². The maximum absolute atomic E-state index is 11.2. The predicted octanol–water partition coefficient (Wildman–Crippen LogP) is 9.63. The van der Waals surface area contributed by atoms with Crippen LogP contribution in [0.15, 0.2) is 54.4 Å². The number of aromatic nitrogens is 1. The molecule has 0 amide bonds. The Morgan fingerprint density at radius 2 is 1.65 bits per heavy atom. The molecule has 0 aliphatic heterocycles. The maximum atomic E-state index is 11.2. The van der Waals surface area contributed by atoms with Crippen molar-refractivity contribution in [2.75, 3.05) is 0 Å². The van der Waals surface area contributed by atoms with Crippen LogP contribution in [-0.4, -0.2) is 15.9 Å². The molecule has 0 atom stereocenters. The molecule has 0 spiro atoms. The molecule has 3 aliphatic carbocycles. The number of carbonyl (C=O) groups is 1. The average Bonchev–Trinajstić information content (AvgIpc) is 2.88. The minimum absolute atomic E-state index is 0. The molecule has 1 heterocycles. The fourth-order valence-corrected chi connectivity index (χ4v) is 6.54. The van der Waals surface area contributed by atoms with Crippen molar-refractivity contribution in [2.45, 2.75) is 98.3 Å². The number of aryl methyl sites for hydroxylation is 2. The number of rotatable bonds is 7. The zero-order valence-electron chi connectivity index (χ0n) is 25.1. The van der Waals surface area contributed by atoms with Gasteiger partial charge in [0.1, 0.15) is 0 Å². The van der Waals surface area contributed by atoms with Crippen LogP contribution in [0.5, 0.6) is 0 Å². The molecule has 40 heavy (non-hydrogen) atoms. The molecule has 217 valence electrons. The number of hydrogen-bond acceptors (Lipinski definition) is 3. The second-order valence-corrected chi connectivity index (χ2v) is 12.9. The summed E-state index contributed by atoms with van der Waals surface area (Å²) in [5.74, 6) is 1.98. The molecular weight excluding hydrogens is 671 g/mol. The van der Waals surface area contributed by atoms with Crippen molar-refractivity contribution in [1.29, 1.82) is 0 Å². The number of benzene rings is 2. The summed E-state index contributed by atoms with van der Waals surface area (Å²) in [5, 5.41) is 11.9. The van der Waals surface area contributed by atoms with Crippen molar-refractivity contribution in [3.05, 3.63) is 77.2 Å². The van der Waals surface area contributed by atoms with Gasteiger partial charge in [-0.3, -0.25) is 4.79 Å². The Bertz CT molecular complexity index is 1300. The molecule has 2 bridgehead atoms. The molecule has 3 aliphatic rings. The molecule has 0 saturated heterocycles. The molecule has 3 saturated carbocycles. The number of pyridine rings is 1. The Labute approximate surface area is 255 Å². The van der Waals surface area contributed by atoms with Crippen LogP contribution < -0.4 is 0 Å². The number of aliphatic hydroxyl groups is 1. The molecule has 1 aromatic heterocycles. The summed E-state index contributed by atoms with van der Waals surface area (Å²) in [7, 11) is 0. The summed E-state index contributed by atoms with van der Waals surface area (Å²) in [6.07, 6.45) is 12.8. The van der Waals surface area contributed by atoms with E-state index in [1.54, 1.807) is 5.56 Å². The molecule has 3 aromatic rings. The fourth-order valence-electron chi connectivity index (χ4n) is 6.54. The number of carbonyl (C=O) groups excluding carboxylic acids is 1. The van der Waals surface area contributed by atoms with E-state index in [1.807, 2.05) is 33.9 Å². The van der Waals surface area contributed by atoms with Crippen LogP contribution in [0.1, 0.15) is 95.8 Å². The number of allylic oxidation sites excluding steroid dienone is 2. The molecule has 3 fully saturated rings. The third kappa shape index (κ3) is 8.14. The van der Waals surface area contributed by atoms with Crippen LogP contribution in [0, 0.1) is 37.7 Å². The molecule has 1 N–H and O–H groups in total. The first kappa shape index (κ1) is 32.2. The third-order valence-electron chi connectivity index (χ3n) is 8.43. The van der Waals surface area contributed by atoms with E-state index in [1.165, 1.54) is 66.5 Å². The van der Waals surface area contributed by atoms with Crippen LogP contribution in [-0.2, 0) is 30.3 Å². The van der Waals surface area contributed by atoms with E-state index in [2.05, 4.69) is 56.3 Å². The van der Waals surface area contributed by atoms with Crippen LogP contribution in [0.2, 0.25) is 0 Å². The Balaban J connectivity index is 0.000000272. The predicted molar refractivity (Wildman–Crippen MR) is 163 cm³/mol. The summed E-state index contributed by atoms with van der Waals surface area (Å²) in [6, 6.07) is 17.2. The average molecular weight is 717 g/mol. The van der Waals surface area contributed by atoms with Gasteiger partial charge in [-0.1, -0.05) is 59.7 Å². The van der Waals surface area contributed by atoms with Crippen molar-refractivity contribution >= 4 is 16.6 Å². The second kappa shape index (κ2) is 14.1. The fraction of sp³-hybridized carbons (Fsp3) is 0.500. The van der Waals surface area contributed by atoms with Gasteiger partial charge in [0.15, 0.2) is 5.78 Å². The van der Waals surface area contributed by atoms with Crippen LogP contribution in [0.25, 0.3) is 22.0 Å². The monoisotopic (exact) mass is 717 g/mol. The topological polar surface area (TPSA) is 50.2 Å². The van der Waals surface area contributed by atoms with E-state index in [0.29, 0.717) is 30.1 Å². The molecule has 2 aromatic carbocycles. The minimum atomic E-state index is 0. The van der Waals surface area contributed by atoms with E-state index in [4.69, 9.17) is 4.98 Å². The standard InChI is InChI=1S/C25H26N.C11H20O2.Ir/c1-17-13-18(2)15-21(14-17)24-23-16-22(4-3-20(23)8-12-26-24)25-9-5-19(6-10-25)7-11-25;1-8(2)5-10(12)7-11(13)6-9(3)4;/h3-4,8,12-14,16,19H,5-7,9-11H2,1-2H3;7-9,12H,5-6H2,1-4H3;/q-1;;/b;10-7-;. The van der Waals surface area contributed by atoms with E-state index >= 15 is 0 Å². The molecule has 0 unspecified atom stereocenters. The van der Waals surface area contributed by atoms with Gasteiger partial charge in [0, 0.05) is 45.2 Å². The summed E-state index contributed by atoms with van der Waals surface area (Å²) < 4.78 is 0. The van der Waals surface area contributed by atoms with Crippen molar-refractivity contribution in [2.24, 2.45) is 17.8 Å². The van der Waals surface area contributed by atoms with Gasteiger partial charge in [0.25, 0.3) is 0 Å². The minimum Gasteiger partial charge on any atom is -0.512 e. The number of fused-ring (bicyclic) bond motifs is 4. The first-order chi connectivity index (χ1) is 18.5. The Hall–Kier alpha value is -2.29. The largest absolute Gasteiger partial charge is 0.512 e. The Morgan fingerprint density at radius 3 is 2.25 bits per heavy atom. The van der Waals surface area contributed by atoms with E-state index in [9.17, 15) is 9.90 Å². The molecule has 6 rings (SSSR count). The van der Waals surface area contributed by atoms with Gasteiger partial charge in [-0.05, 0) is 89.8 Å². The smallest absolute Gasteiger partial charge is 0.159 e. The van der Waals surface area contributed by atoms with Gasteiger partial charge in [0.05, 0.1) is 5.76 Å². The first-order valence-electron chi connectivity index (χ1n) is 14.9. The Morgan fingerprint density at radius 1 is 1.00 bits per heavy atom. The van der Waals surface area contributed by atoms with Gasteiger partial charge >= 0.3 is 0 Å². The van der Waals surface area contributed by atoms with Crippen molar-refractivity contribution < 1.29 is 30.0 Å². The van der Waals surface area contributed by atoms with Gasteiger partial charge in [0.2, 0.25) is 0 Å². The van der Waals surface area contributed by atoms with Gasteiger partial charge in [-0.25, -0.2) is 0 Å². The summed E-state index contributed by atoms with van der Waals surface area (Å²) in [4.78, 5) is 16.0. The molecule has 4 heteroatoms. The molecular formula is C36H46IrNO2-. The Kier molecular flexibility index (Phi) is 11.3. The molecule has 1 radical (unpaired) electrons. The maximum Gasteiger partial charge on any atom is 0.159 e. The zero-order chi connectivity index (χ0) is 28.2. The summed E-state index contributed by atoms with van der Waals surface area (Å²) in [5.41, 5.74) is 6.62. The zero-order valence-corrected chi connectivity index (χ0v) is 27.5. The number of nitrogens with zero attached hydrogens (tertiary/aromatic N) is 1. The second-order valence-electron chi connectivity index (χ2n) is 12.9. The van der Waals surface area contributed by atoms with Crippen molar-refractivity contribution in [1.82, 2.24) is 4.98 Å². The van der Waals surface area contributed by atoms with Crippen LogP contribution >= 0.6 is 0 Å². The van der Waals surface area contributed by atoms with E-state index < -0.39 is 0 Å². The quantitative estimate of drug-likeness (QED) is 0.151. The number of hydrogen-bond donors (Lipinski definition) is 1. The van der Waals surface area contributed by atoms with Gasteiger partial charge < -0.3 is 10.1 Å². The normalized spacial score (nSPS) is 20.3. The van der Waals surface area contributed by atoms with Crippen molar-refractivity contribution in [3.63, 3.8) is 0 Å². The van der Waals surface area contributed by atoms with Crippen LogP contribution in [0.4, 0.5) is 0 Å². The first-order valence-corrected chi connectivity index (χ1v) is 14.9. The van der Waals surface area contributed by atoms with E-state index in [0.717, 1.165) is 17.2 Å². The molecule has 3 nitrogen and oxygen atoms in total. The summed E-state index contributed by atoms with van der Waals surface area (Å²) in [6.45, 7) is 12.3. The summed E-state index contributed by atoms with van der Waals surface area (Å²) >= 11 is 0. The van der Waals surface area contributed by atoms with Crippen molar-refractivity contribution in [3.8, 4) is 11.3 Å².